The Hall–Kier alpha value is -2.69. The summed E-state index contributed by atoms with van der Waals surface area (Å²) in [4.78, 5) is 20.6. The van der Waals surface area contributed by atoms with E-state index in [-0.39, 0.29) is 12.4 Å². The smallest absolute Gasteiger partial charge is 0.311 e. The summed E-state index contributed by atoms with van der Waals surface area (Å²) < 4.78 is 7.03. The van der Waals surface area contributed by atoms with Crippen LogP contribution in [0.5, 0.6) is 0 Å². The number of benzene rings is 1. The maximum Gasteiger partial charge on any atom is 0.311 e. The molecule has 0 N–H and O–H groups in total. The van der Waals surface area contributed by atoms with Crippen molar-refractivity contribution >= 4 is 16.9 Å². The second-order valence-electron chi connectivity index (χ2n) is 4.95. The predicted octanol–water partition coefficient (Wildman–Crippen LogP) is 2.83. The van der Waals surface area contributed by atoms with Crippen LogP contribution in [-0.2, 0) is 16.0 Å². The third-order valence-corrected chi connectivity index (χ3v) is 3.62. The monoisotopic (exact) mass is 295 g/mol. The van der Waals surface area contributed by atoms with E-state index in [1.165, 1.54) is 0 Å². The molecular formula is C17H17N3O2. The molecule has 0 atom stereocenters. The molecule has 0 spiro atoms. The van der Waals surface area contributed by atoms with Gasteiger partial charge in [-0.25, -0.2) is 9.97 Å². The second kappa shape index (κ2) is 5.97. The summed E-state index contributed by atoms with van der Waals surface area (Å²) in [6, 6.07) is 9.77. The molecular weight excluding hydrogens is 278 g/mol. The average molecular weight is 295 g/mol. The molecule has 3 rings (SSSR count). The molecule has 0 saturated heterocycles. The van der Waals surface area contributed by atoms with Gasteiger partial charge >= 0.3 is 5.97 Å². The third-order valence-electron chi connectivity index (χ3n) is 3.62. The van der Waals surface area contributed by atoms with Gasteiger partial charge in [-0.05, 0) is 31.5 Å². The van der Waals surface area contributed by atoms with E-state index in [0.29, 0.717) is 12.6 Å². The van der Waals surface area contributed by atoms with Crippen LogP contribution in [0, 0.1) is 6.92 Å². The van der Waals surface area contributed by atoms with Crippen molar-refractivity contribution in [3.8, 4) is 5.95 Å². The minimum absolute atomic E-state index is 0.201. The van der Waals surface area contributed by atoms with E-state index in [2.05, 4.69) is 9.97 Å². The van der Waals surface area contributed by atoms with E-state index in [0.717, 1.165) is 22.2 Å². The number of aryl methyl sites for hydroxylation is 1. The Morgan fingerprint density at radius 2 is 1.91 bits per heavy atom. The summed E-state index contributed by atoms with van der Waals surface area (Å²) >= 11 is 0. The van der Waals surface area contributed by atoms with Crippen LogP contribution in [-0.4, -0.2) is 27.1 Å². The molecule has 0 bridgehead atoms. The van der Waals surface area contributed by atoms with Crippen LogP contribution in [0.1, 0.15) is 18.2 Å². The van der Waals surface area contributed by atoms with Gasteiger partial charge in [0.25, 0.3) is 0 Å². The zero-order chi connectivity index (χ0) is 15.5. The summed E-state index contributed by atoms with van der Waals surface area (Å²) in [5.41, 5.74) is 2.91. The normalized spacial score (nSPS) is 10.8. The van der Waals surface area contributed by atoms with Crippen molar-refractivity contribution in [2.45, 2.75) is 20.3 Å². The number of esters is 1. The molecule has 5 nitrogen and oxygen atoms in total. The van der Waals surface area contributed by atoms with Crippen LogP contribution >= 0.6 is 0 Å². The van der Waals surface area contributed by atoms with Crippen molar-refractivity contribution < 1.29 is 9.53 Å². The molecule has 2 heterocycles. The second-order valence-corrected chi connectivity index (χ2v) is 4.95. The highest BCUT2D eigenvalue weighted by Gasteiger charge is 2.19. The van der Waals surface area contributed by atoms with E-state index in [1.807, 2.05) is 35.8 Å². The Labute approximate surface area is 128 Å². The number of para-hydroxylation sites is 1. The summed E-state index contributed by atoms with van der Waals surface area (Å²) in [6.07, 6.45) is 3.59. The first-order chi connectivity index (χ1) is 10.7. The maximum atomic E-state index is 11.9. The molecule has 0 unspecified atom stereocenters. The summed E-state index contributed by atoms with van der Waals surface area (Å²) in [6.45, 7) is 4.19. The van der Waals surface area contributed by atoms with Crippen LogP contribution in [0.4, 0.5) is 0 Å². The summed E-state index contributed by atoms with van der Waals surface area (Å²) in [7, 11) is 0. The first-order valence-corrected chi connectivity index (χ1v) is 7.24. The fourth-order valence-electron chi connectivity index (χ4n) is 2.65. The molecule has 0 fully saturated rings. The van der Waals surface area contributed by atoms with Gasteiger partial charge in [0.2, 0.25) is 5.95 Å². The highest BCUT2D eigenvalue weighted by molar-refractivity contribution is 5.88. The molecule has 0 saturated carbocycles. The van der Waals surface area contributed by atoms with Crippen molar-refractivity contribution in [3.63, 3.8) is 0 Å². The van der Waals surface area contributed by atoms with Gasteiger partial charge in [-0.2, -0.15) is 0 Å². The lowest BCUT2D eigenvalue weighted by Gasteiger charge is -2.09. The predicted molar refractivity (Wildman–Crippen MR) is 83.9 cm³/mol. The number of nitrogens with zero attached hydrogens (tertiary/aromatic N) is 3. The Balaban J connectivity index is 2.21. The Morgan fingerprint density at radius 3 is 2.64 bits per heavy atom. The molecule has 22 heavy (non-hydrogen) atoms. The minimum Gasteiger partial charge on any atom is -0.466 e. The molecule has 0 radical (unpaired) electrons. The van der Waals surface area contributed by atoms with E-state index < -0.39 is 0 Å². The zero-order valence-electron chi connectivity index (χ0n) is 12.6. The molecule has 1 aromatic carbocycles. The number of ether oxygens (including phenoxy) is 1. The first-order valence-electron chi connectivity index (χ1n) is 7.24. The topological polar surface area (TPSA) is 57.0 Å². The molecule has 0 aliphatic rings. The first kappa shape index (κ1) is 14.3. The fourth-order valence-corrected chi connectivity index (χ4v) is 2.65. The lowest BCUT2D eigenvalue weighted by atomic mass is 10.1. The maximum absolute atomic E-state index is 11.9. The molecule has 0 aliphatic heterocycles. The number of rotatable bonds is 4. The van der Waals surface area contributed by atoms with Crippen LogP contribution in [0.3, 0.4) is 0 Å². The van der Waals surface area contributed by atoms with Crippen LogP contribution < -0.4 is 0 Å². The lowest BCUT2D eigenvalue weighted by molar-refractivity contribution is -0.142. The van der Waals surface area contributed by atoms with Gasteiger partial charge in [0.05, 0.1) is 18.5 Å². The average Bonchev–Trinajstić information content (AvgIpc) is 2.81. The van der Waals surface area contributed by atoms with Crippen molar-refractivity contribution in [1.29, 1.82) is 0 Å². The molecule has 2 aromatic heterocycles. The fraction of sp³-hybridized carbons (Fsp3) is 0.235. The number of carbonyl (C=O) groups is 1. The molecule has 5 heteroatoms. The van der Waals surface area contributed by atoms with Crippen molar-refractivity contribution in [3.05, 3.63) is 54.0 Å². The number of fused-ring (bicyclic) bond motifs is 1. The molecule has 112 valence electrons. The summed E-state index contributed by atoms with van der Waals surface area (Å²) in [5, 5.41) is 1.09. The summed E-state index contributed by atoms with van der Waals surface area (Å²) in [5.74, 6) is 0.316. The molecule has 0 amide bonds. The highest BCUT2D eigenvalue weighted by Crippen LogP contribution is 2.28. The number of hydrogen-bond donors (Lipinski definition) is 0. The largest absolute Gasteiger partial charge is 0.466 e. The van der Waals surface area contributed by atoms with Crippen LogP contribution in [0.2, 0.25) is 0 Å². The van der Waals surface area contributed by atoms with Crippen molar-refractivity contribution in [1.82, 2.24) is 14.5 Å². The van der Waals surface area contributed by atoms with E-state index >= 15 is 0 Å². The quantitative estimate of drug-likeness (QED) is 0.694. The van der Waals surface area contributed by atoms with Gasteiger partial charge in [0, 0.05) is 23.5 Å². The highest BCUT2D eigenvalue weighted by atomic mass is 16.5. The van der Waals surface area contributed by atoms with E-state index in [9.17, 15) is 4.79 Å². The van der Waals surface area contributed by atoms with Crippen molar-refractivity contribution in [2.24, 2.45) is 0 Å². The number of hydrogen-bond acceptors (Lipinski definition) is 4. The SMILES string of the molecule is CCOC(=O)Cc1c(C)c2ccccc2n1-c1ncccn1. The van der Waals surface area contributed by atoms with Gasteiger partial charge in [-0.3, -0.25) is 9.36 Å². The third kappa shape index (κ3) is 2.45. The minimum atomic E-state index is -0.245. The van der Waals surface area contributed by atoms with E-state index in [1.54, 1.807) is 25.4 Å². The zero-order valence-corrected chi connectivity index (χ0v) is 12.6. The van der Waals surface area contributed by atoms with Crippen LogP contribution in [0.15, 0.2) is 42.7 Å². The van der Waals surface area contributed by atoms with Gasteiger partial charge in [0.15, 0.2) is 0 Å². The lowest BCUT2D eigenvalue weighted by Crippen LogP contribution is -2.13. The van der Waals surface area contributed by atoms with Gasteiger partial charge < -0.3 is 4.74 Å². The van der Waals surface area contributed by atoms with Crippen LogP contribution in [0.25, 0.3) is 16.9 Å². The molecule has 3 aromatic rings. The van der Waals surface area contributed by atoms with Gasteiger partial charge in [-0.15, -0.1) is 0 Å². The van der Waals surface area contributed by atoms with Gasteiger partial charge in [0.1, 0.15) is 0 Å². The standard InChI is InChI=1S/C17H17N3O2/c1-3-22-16(21)11-15-12(2)13-7-4-5-8-14(13)20(15)17-18-9-6-10-19-17/h4-10H,3,11H2,1-2H3. The number of carbonyl (C=O) groups excluding carboxylic acids is 1. The molecule has 0 aliphatic carbocycles. The van der Waals surface area contributed by atoms with E-state index in [4.69, 9.17) is 4.74 Å². The van der Waals surface area contributed by atoms with Gasteiger partial charge in [-0.1, -0.05) is 18.2 Å². The Kier molecular flexibility index (Phi) is 3.87. The van der Waals surface area contributed by atoms with Crippen molar-refractivity contribution in [2.75, 3.05) is 6.61 Å². The Bertz CT molecular complexity index is 809. The number of aromatic nitrogens is 3. The Morgan fingerprint density at radius 1 is 1.18 bits per heavy atom.